The van der Waals surface area contributed by atoms with Gasteiger partial charge in [-0.3, -0.25) is 4.79 Å². The molecule has 1 amide bonds. The molecule has 0 bridgehead atoms. The van der Waals surface area contributed by atoms with Crippen molar-refractivity contribution in [2.24, 2.45) is 0 Å². The van der Waals surface area contributed by atoms with E-state index in [1.165, 1.54) is 6.33 Å². The van der Waals surface area contributed by atoms with Crippen LogP contribution in [0.5, 0.6) is 0 Å². The summed E-state index contributed by atoms with van der Waals surface area (Å²) in [6, 6.07) is 1.61. The molecular formula is C10H15N3O. The summed E-state index contributed by atoms with van der Waals surface area (Å²) in [6.45, 7) is 2.85. The summed E-state index contributed by atoms with van der Waals surface area (Å²) < 4.78 is 0. The quantitative estimate of drug-likeness (QED) is 0.719. The molecule has 0 spiro atoms. The summed E-state index contributed by atoms with van der Waals surface area (Å²) in [6.07, 6.45) is 6.26. The molecule has 0 unspecified atom stereocenters. The Kier molecular flexibility index (Phi) is 4.61. The second-order valence-electron chi connectivity index (χ2n) is 3.06. The predicted molar refractivity (Wildman–Crippen MR) is 53.9 cm³/mol. The van der Waals surface area contributed by atoms with Crippen molar-refractivity contribution < 1.29 is 4.79 Å². The van der Waals surface area contributed by atoms with Gasteiger partial charge in [-0.2, -0.15) is 0 Å². The van der Waals surface area contributed by atoms with Crippen molar-refractivity contribution in [3.63, 3.8) is 0 Å². The van der Waals surface area contributed by atoms with E-state index in [0.717, 1.165) is 25.8 Å². The lowest BCUT2D eigenvalue weighted by Gasteiger charge is -2.02. The lowest BCUT2D eigenvalue weighted by atomic mass is 10.2. The number of nitrogens with zero attached hydrogens (tertiary/aromatic N) is 2. The number of hydrogen-bond acceptors (Lipinski definition) is 3. The van der Waals surface area contributed by atoms with Crippen LogP contribution >= 0.6 is 0 Å². The Bertz CT molecular complexity index is 274. The average Bonchev–Trinajstić information content (AvgIpc) is 2.25. The molecule has 0 aliphatic carbocycles. The third-order valence-electron chi connectivity index (χ3n) is 1.88. The van der Waals surface area contributed by atoms with Gasteiger partial charge in [0.1, 0.15) is 12.0 Å². The van der Waals surface area contributed by atoms with Crippen LogP contribution in [-0.2, 0) is 0 Å². The monoisotopic (exact) mass is 193 g/mol. The number of carbonyl (C=O) groups excluding carboxylic acids is 1. The standard InChI is InChI=1S/C10H15N3O/c1-2-3-4-6-12-10(14)9-5-7-11-8-13-9/h5,7-8H,2-4,6H2,1H3,(H,12,14). The zero-order valence-corrected chi connectivity index (χ0v) is 8.36. The Morgan fingerprint density at radius 3 is 3.00 bits per heavy atom. The Balaban J connectivity index is 2.29. The minimum atomic E-state index is -0.122. The van der Waals surface area contributed by atoms with Crippen LogP contribution in [0, 0.1) is 0 Å². The van der Waals surface area contributed by atoms with E-state index in [0.29, 0.717) is 5.69 Å². The first kappa shape index (κ1) is 10.6. The van der Waals surface area contributed by atoms with Gasteiger partial charge in [0.05, 0.1) is 0 Å². The van der Waals surface area contributed by atoms with Crippen LogP contribution in [0.1, 0.15) is 36.7 Å². The minimum Gasteiger partial charge on any atom is -0.351 e. The maximum atomic E-state index is 11.4. The van der Waals surface area contributed by atoms with Gasteiger partial charge in [0.25, 0.3) is 5.91 Å². The van der Waals surface area contributed by atoms with Gasteiger partial charge < -0.3 is 5.32 Å². The molecule has 0 saturated heterocycles. The Labute approximate surface area is 83.8 Å². The van der Waals surface area contributed by atoms with E-state index < -0.39 is 0 Å². The molecule has 4 nitrogen and oxygen atoms in total. The van der Waals surface area contributed by atoms with E-state index in [1.54, 1.807) is 12.3 Å². The smallest absolute Gasteiger partial charge is 0.270 e. The maximum Gasteiger partial charge on any atom is 0.270 e. The summed E-state index contributed by atoms with van der Waals surface area (Å²) >= 11 is 0. The van der Waals surface area contributed by atoms with Gasteiger partial charge in [-0.05, 0) is 12.5 Å². The first-order valence-electron chi connectivity index (χ1n) is 4.88. The van der Waals surface area contributed by atoms with Crippen LogP contribution in [0.25, 0.3) is 0 Å². The summed E-state index contributed by atoms with van der Waals surface area (Å²) in [5, 5.41) is 2.80. The van der Waals surface area contributed by atoms with Crippen molar-refractivity contribution in [1.82, 2.24) is 15.3 Å². The second kappa shape index (κ2) is 6.07. The Morgan fingerprint density at radius 2 is 2.36 bits per heavy atom. The molecule has 1 aromatic heterocycles. The fourth-order valence-corrected chi connectivity index (χ4v) is 1.09. The molecule has 76 valence electrons. The van der Waals surface area contributed by atoms with E-state index in [-0.39, 0.29) is 5.91 Å². The molecule has 1 heterocycles. The van der Waals surface area contributed by atoms with Crippen LogP contribution < -0.4 is 5.32 Å². The van der Waals surface area contributed by atoms with Crippen LogP contribution in [0.15, 0.2) is 18.6 Å². The maximum absolute atomic E-state index is 11.4. The number of hydrogen-bond donors (Lipinski definition) is 1. The van der Waals surface area contributed by atoms with E-state index in [1.807, 2.05) is 0 Å². The number of unbranched alkanes of at least 4 members (excludes halogenated alkanes) is 2. The van der Waals surface area contributed by atoms with E-state index in [4.69, 9.17) is 0 Å². The van der Waals surface area contributed by atoms with Crippen molar-refractivity contribution in [2.45, 2.75) is 26.2 Å². The molecule has 1 N–H and O–H groups in total. The summed E-state index contributed by atoms with van der Waals surface area (Å²) in [7, 11) is 0. The first-order chi connectivity index (χ1) is 6.84. The molecule has 0 aromatic carbocycles. The normalized spacial score (nSPS) is 9.79. The third kappa shape index (κ3) is 3.51. The topological polar surface area (TPSA) is 54.9 Å². The molecule has 0 atom stereocenters. The molecule has 4 heteroatoms. The number of rotatable bonds is 5. The lowest BCUT2D eigenvalue weighted by molar-refractivity contribution is 0.0948. The summed E-state index contributed by atoms with van der Waals surface area (Å²) in [5.74, 6) is -0.122. The highest BCUT2D eigenvalue weighted by molar-refractivity contribution is 5.91. The van der Waals surface area contributed by atoms with E-state index in [9.17, 15) is 4.79 Å². The van der Waals surface area contributed by atoms with Crippen molar-refractivity contribution >= 4 is 5.91 Å². The molecule has 0 saturated carbocycles. The number of carbonyl (C=O) groups is 1. The second-order valence-corrected chi connectivity index (χ2v) is 3.06. The van der Waals surface area contributed by atoms with Gasteiger partial charge in [0.2, 0.25) is 0 Å². The number of nitrogens with one attached hydrogen (secondary N) is 1. The third-order valence-corrected chi connectivity index (χ3v) is 1.88. The molecular weight excluding hydrogens is 178 g/mol. The highest BCUT2D eigenvalue weighted by Gasteiger charge is 2.03. The van der Waals surface area contributed by atoms with Crippen molar-refractivity contribution in [1.29, 1.82) is 0 Å². The molecule has 0 fully saturated rings. The predicted octanol–water partition coefficient (Wildman–Crippen LogP) is 1.40. The van der Waals surface area contributed by atoms with Crippen molar-refractivity contribution in [3.8, 4) is 0 Å². The van der Waals surface area contributed by atoms with Gasteiger partial charge in [-0.1, -0.05) is 19.8 Å². The molecule has 0 aliphatic heterocycles. The highest BCUT2D eigenvalue weighted by Crippen LogP contribution is 1.93. The minimum absolute atomic E-state index is 0.122. The fraction of sp³-hybridized carbons (Fsp3) is 0.500. The van der Waals surface area contributed by atoms with Gasteiger partial charge in [0.15, 0.2) is 0 Å². The average molecular weight is 193 g/mol. The molecule has 1 rings (SSSR count). The SMILES string of the molecule is CCCCCNC(=O)c1ccncn1. The zero-order chi connectivity index (χ0) is 10.2. The van der Waals surface area contributed by atoms with E-state index in [2.05, 4.69) is 22.2 Å². The van der Waals surface area contributed by atoms with Gasteiger partial charge in [-0.25, -0.2) is 9.97 Å². The molecule has 1 aromatic rings. The Morgan fingerprint density at radius 1 is 1.50 bits per heavy atom. The van der Waals surface area contributed by atoms with Gasteiger partial charge in [-0.15, -0.1) is 0 Å². The molecule has 0 radical (unpaired) electrons. The molecule has 14 heavy (non-hydrogen) atoms. The summed E-state index contributed by atoms with van der Waals surface area (Å²) in [5.41, 5.74) is 0.427. The van der Waals surface area contributed by atoms with Gasteiger partial charge in [0, 0.05) is 12.7 Å². The zero-order valence-electron chi connectivity index (χ0n) is 8.36. The van der Waals surface area contributed by atoms with Crippen LogP contribution in [0.2, 0.25) is 0 Å². The van der Waals surface area contributed by atoms with Crippen molar-refractivity contribution in [3.05, 3.63) is 24.3 Å². The molecule has 0 aliphatic rings. The summed E-state index contributed by atoms with van der Waals surface area (Å²) in [4.78, 5) is 19.0. The van der Waals surface area contributed by atoms with Crippen LogP contribution in [-0.4, -0.2) is 22.4 Å². The first-order valence-corrected chi connectivity index (χ1v) is 4.88. The van der Waals surface area contributed by atoms with Crippen LogP contribution in [0.4, 0.5) is 0 Å². The number of aromatic nitrogens is 2. The largest absolute Gasteiger partial charge is 0.351 e. The Hall–Kier alpha value is -1.45. The highest BCUT2D eigenvalue weighted by atomic mass is 16.1. The fourth-order valence-electron chi connectivity index (χ4n) is 1.09. The van der Waals surface area contributed by atoms with Crippen molar-refractivity contribution in [2.75, 3.05) is 6.54 Å². The van der Waals surface area contributed by atoms with Gasteiger partial charge >= 0.3 is 0 Å². The number of amides is 1. The van der Waals surface area contributed by atoms with Crippen LogP contribution in [0.3, 0.4) is 0 Å². The van der Waals surface area contributed by atoms with E-state index >= 15 is 0 Å². The lowest BCUT2D eigenvalue weighted by Crippen LogP contribution is -2.25.